The normalized spacial score (nSPS) is 10.7. The number of H-pyrrole nitrogens is 1. The summed E-state index contributed by atoms with van der Waals surface area (Å²) in [7, 11) is 0. The Morgan fingerprint density at radius 2 is 2.10 bits per heavy atom. The molecule has 0 aliphatic heterocycles. The van der Waals surface area contributed by atoms with Crippen LogP contribution >= 0.6 is 0 Å². The second-order valence-electron chi connectivity index (χ2n) is 5.03. The Bertz CT molecular complexity index is 928. The number of nitrogens with zero attached hydrogens (tertiary/aromatic N) is 3. The molecule has 0 atom stereocenters. The molecule has 3 rings (SSSR count). The number of nitriles is 1. The second kappa shape index (κ2) is 4.91. The van der Waals surface area contributed by atoms with Crippen molar-refractivity contribution in [3.8, 4) is 6.07 Å². The zero-order valence-corrected chi connectivity index (χ0v) is 11.8. The number of hydrogen-bond acceptors (Lipinski definition) is 3. The van der Waals surface area contributed by atoms with Crippen molar-refractivity contribution in [2.24, 2.45) is 0 Å². The van der Waals surface area contributed by atoms with Crippen LogP contribution in [0.25, 0.3) is 11.0 Å². The van der Waals surface area contributed by atoms with E-state index in [1.165, 1.54) is 0 Å². The predicted octanol–water partition coefficient (Wildman–Crippen LogP) is 2.26. The van der Waals surface area contributed by atoms with Crippen LogP contribution in [0.3, 0.4) is 0 Å². The number of nitrogens with one attached hydrogen (secondary N) is 1. The predicted molar refractivity (Wildman–Crippen MR) is 80.1 cm³/mol. The molecule has 0 fully saturated rings. The molecule has 21 heavy (non-hydrogen) atoms. The molecule has 0 bridgehead atoms. The molecule has 2 aromatic heterocycles. The Morgan fingerprint density at radius 1 is 1.33 bits per heavy atom. The summed E-state index contributed by atoms with van der Waals surface area (Å²) >= 11 is 0. The van der Waals surface area contributed by atoms with Crippen molar-refractivity contribution in [1.82, 2.24) is 14.5 Å². The summed E-state index contributed by atoms with van der Waals surface area (Å²) in [4.78, 5) is 20.1. The van der Waals surface area contributed by atoms with Gasteiger partial charge < -0.3 is 4.98 Å². The first-order valence-corrected chi connectivity index (χ1v) is 6.65. The highest BCUT2D eigenvalue weighted by Crippen LogP contribution is 2.12. The lowest BCUT2D eigenvalue weighted by Crippen LogP contribution is -2.24. The van der Waals surface area contributed by atoms with Crippen LogP contribution in [-0.4, -0.2) is 14.5 Å². The quantitative estimate of drug-likeness (QED) is 0.781. The van der Waals surface area contributed by atoms with Gasteiger partial charge in [-0.05, 0) is 31.5 Å². The van der Waals surface area contributed by atoms with Gasteiger partial charge >= 0.3 is 0 Å². The number of benzene rings is 1. The van der Waals surface area contributed by atoms with Crippen LogP contribution in [0.4, 0.5) is 0 Å². The van der Waals surface area contributed by atoms with Crippen LogP contribution in [0.1, 0.15) is 22.6 Å². The molecule has 0 unspecified atom stereocenters. The van der Waals surface area contributed by atoms with Crippen molar-refractivity contribution in [3.63, 3.8) is 0 Å². The minimum absolute atomic E-state index is 0.0883. The highest BCUT2D eigenvalue weighted by Gasteiger charge is 2.11. The van der Waals surface area contributed by atoms with E-state index in [0.717, 1.165) is 11.3 Å². The molecular formula is C16H14N4O. The average molecular weight is 278 g/mol. The van der Waals surface area contributed by atoms with Gasteiger partial charge in [-0.3, -0.25) is 9.36 Å². The molecule has 0 spiro atoms. The van der Waals surface area contributed by atoms with Gasteiger partial charge in [-0.25, -0.2) is 4.98 Å². The largest absolute Gasteiger partial charge is 0.343 e. The molecule has 1 N–H and O–H groups in total. The number of aryl methyl sites for hydroxylation is 2. The summed E-state index contributed by atoms with van der Waals surface area (Å²) in [5.74, 6) is 0.627. The van der Waals surface area contributed by atoms with Crippen molar-refractivity contribution >= 4 is 11.0 Å². The summed E-state index contributed by atoms with van der Waals surface area (Å²) < 4.78 is 1.60. The number of rotatable bonds is 2. The first-order valence-electron chi connectivity index (χ1n) is 6.65. The Hall–Kier alpha value is -2.87. The molecule has 104 valence electrons. The van der Waals surface area contributed by atoms with Gasteiger partial charge in [-0.2, -0.15) is 5.26 Å². The van der Waals surface area contributed by atoms with E-state index in [1.54, 1.807) is 23.6 Å². The number of aromatic nitrogens is 3. The van der Waals surface area contributed by atoms with Crippen molar-refractivity contribution in [2.75, 3.05) is 0 Å². The maximum Gasteiger partial charge on any atom is 0.263 e. The fourth-order valence-corrected chi connectivity index (χ4v) is 2.46. The molecule has 0 radical (unpaired) electrons. The van der Waals surface area contributed by atoms with E-state index in [4.69, 9.17) is 5.26 Å². The van der Waals surface area contributed by atoms with Gasteiger partial charge in [0.05, 0.1) is 23.6 Å². The summed E-state index contributed by atoms with van der Waals surface area (Å²) in [5, 5.41) is 9.73. The summed E-state index contributed by atoms with van der Waals surface area (Å²) in [5.41, 5.74) is 2.83. The Labute approximate surface area is 121 Å². The Balaban J connectivity index is 2.17. The zero-order valence-electron chi connectivity index (χ0n) is 11.8. The van der Waals surface area contributed by atoms with Crippen molar-refractivity contribution in [2.45, 2.75) is 20.4 Å². The highest BCUT2D eigenvalue weighted by atomic mass is 16.1. The standard InChI is InChI=1S/C16H14N4O/c1-10-7-14-15(18-10)19-11(2)20(16(14)21)9-13-6-4-3-5-12(13)8-17/h3-7,18H,9H2,1-2H3. The third-order valence-corrected chi connectivity index (χ3v) is 3.54. The van der Waals surface area contributed by atoms with E-state index in [0.29, 0.717) is 29.0 Å². The number of aromatic amines is 1. The smallest absolute Gasteiger partial charge is 0.263 e. The van der Waals surface area contributed by atoms with E-state index < -0.39 is 0 Å². The van der Waals surface area contributed by atoms with Gasteiger partial charge in [0.15, 0.2) is 0 Å². The minimum atomic E-state index is -0.0883. The van der Waals surface area contributed by atoms with E-state index in [9.17, 15) is 4.79 Å². The van der Waals surface area contributed by atoms with Gasteiger partial charge in [0.2, 0.25) is 0 Å². The lowest BCUT2D eigenvalue weighted by Gasteiger charge is -2.10. The number of fused-ring (bicyclic) bond motifs is 1. The zero-order chi connectivity index (χ0) is 15.0. The topological polar surface area (TPSA) is 74.5 Å². The summed E-state index contributed by atoms with van der Waals surface area (Å²) in [6.45, 7) is 4.04. The van der Waals surface area contributed by atoms with Crippen LogP contribution < -0.4 is 5.56 Å². The molecule has 0 saturated heterocycles. The van der Waals surface area contributed by atoms with Crippen molar-refractivity contribution < 1.29 is 0 Å². The molecule has 0 saturated carbocycles. The molecule has 2 heterocycles. The Morgan fingerprint density at radius 3 is 2.86 bits per heavy atom. The van der Waals surface area contributed by atoms with E-state index in [-0.39, 0.29) is 5.56 Å². The van der Waals surface area contributed by atoms with E-state index >= 15 is 0 Å². The SMILES string of the molecule is Cc1cc2c(=O)n(Cc3ccccc3C#N)c(C)nc2[nH]1. The maximum atomic E-state index is 12.6. The average Bonchev–Trinajstić information content (AvgIpc) is 2.84. The van der Waals surface area contributed by atoms with Crippen LogP contribution in [-0.2, 0) is 6.54 Å². The summed E-state index contributed by atoms with van der Waals surface area (Å²) in [6.07, 6.45) is 0. The molecule has 1 aromatic carbocycles. The van der Waals surface area contributed by atoms with Crippen LogP contribution in [0.2, 0.25) is 0 Å². The number of hydrogen-bond donors (Lipinski definition) is 1. The van der Waals surface area contributed by atoms with E-state index in [2.05, 4.69) is 16.0 Å². The molecule has 3 aromatic rings. The maximum absolute atomic E-state index is 12.6. The molecule has 0 aliphatic carbocycles. The van der Waals surface area contributed by atoms with Gasteiger partial charge in [0, 0.05) is 5.69 Å². The molecular weight excluding hydrogens is 264 g/mol. The fourth-order valence-electron chi connectivity index (χ4n) is 2.46. The first kappa shape index (κ1) is 13.1. The fraction of sp³-hybridized carbons (Fsp3) is 0.188. The third-order valence-electron chi connectivity index (χ3n) is 3.54. The lowest BCUT2D eigenvalue weighted by atomic mass is 10.1. The van der Waals surface area contributed by atoms with Gasteiger partial charge in [-0.1, -0.05) is 18.2 Å². The molecule has 0 aliphatic rings. The monoisotopic (exact) mass is 278 g/mol. The van der Waals surface area contributed by atoms with Crippen LogP contribution in [0, 0.1) is 25.2 Å². The third kappa shape index (κ3) is 2.21. The first-order chi connectivity index (χ1) is 10.1. The second-order valence-corrected chi connectivity index (χ2v) is 5.03. The van der Waals surface area contributed by atoms with Crippen LogP contribution in [0.15, 0.2) is 35.1 Å². The Kier molecular flexibility index (Phi) is 3.07. The van der Waals surface area contributed by atoms with Gasteiger partial charge in [0.25, 0.3) is 5.56 Å². The van der Waals surface area contributed by atoms with Crippen molar-refractivity contribution in [1.29, 1.82) is 5.26 Å². The minimum Gasteiger partial charge on any atom is -0.343 e. The van der Waals surface area contributed by atoms with E-state index in [1.807, 2.05) is 25.1 Å². The van der Waals surface area contributed by atoms with Gasteiger partial charge in [-0.15, -0.1) is 0 Å². The molecule has 5 nitrogen and oxygen atoms in total. The summed E-state index contributed by atoms with van der Waals surface area (Å²) in [6, 6.07) is 11.2. The highest BCUT2D eigenvalue weighted by molar-refractivity contribution is 5.75. The van der Waals surface area contributed by atoms with Crippen LogP contribution in [0.5, 0.6) is 0 Å². The lowest BCUT2D eigenvalue weighted by molar-refractivity contribution is 0.711. The molecule has 5 heteroatoms. The van der Waals surface area contributed by atoms with Crippen molar-refractivity contribution in [3.05, 3.63) is 63.3 Å². The molecule has 0 amide bonds. The van der Waals surface area contributed by atoms with Gasteiger partial charge in [0.1, 0.15) is 11.5 Å².